The van der Waals surface area contributed by atoms with Crippen LogP contribution in [0.4, 0.5) is 37.7 Å². The Kier molecular flexibility index (Phi) is 11.1. The monoisotopic (exact) mass is 1070 g/mol. The van der Waals surface area contributed by atoms with Gasteiger partial charge in [0.2, 0.25) is 5.41 Å². The van der Waals surface area contributed by atoms with Gasteiger partial charge in [0.25, 0.3) is 23.6 Å². The van der Waals surface area contributed by atoms with E-state index >= 15 is 26.3 Å². The van der Waals surface area contributed by atoms with Crippen LogP contribution in [0.2, 0.25) is 0 Å². The predicted molar refractivity (Wildman–Crippen MR) is 264 cm³/mol. The third kappa shape index (κ3) is 7.73. The molecule has 12 rings (SSSR count). The van der Waals surface area contributed by atoms with Crippen molar-refractivity contribution in [1.82, 2.24) is 0 Å². The van der Waals surface area contributed by atoms with Gasteiger partial charge in [0.15, 0.2) is 0 Å². The number of amides is 4. The molecule has 0 N–H and O–H groups in total. The Morgan fingerprint density at radius 1 is 0.329 bits per heavy atom. The molecule has 14 nitrogen and oxygen atoms in total. The molecular formula is C59H28F6N2O12. The minimum absolute atomic E-state index is 0.00237. The van der Waals surface area contributed by atoms with E-state index in [1.54, 1.807) is 18.2 Å². The number of alkyl halides is 6. The number of fused-ring (bicyclic) bond motifs is 4. The number of esters is 4. The van der Waals surface area contributed by atoms with Crippen molar-refractivity contribution in [2.75, 3.05) is 9.80 Å². The summed E-state index contributed by atoms with van der Waals surface area (Å²) in [5.74, 6) is -6.36. The molecule has 20 heteroatoms. The van der Waals surface area contributed by atoms with Gasteiger partial charge in [0.1, 0.15) is 23.0 Å². The zero-order valence-corrected chi connectivity index (χ0v) is 39.7. The van der Waals surface area contributed by atoms with E-state index in [-0.39, 0.29) is 78.9 Å². The number of rotatable bonds is 10. The van der Waals surface area contributed by atoms with Crippen LogP contribution >= 0.6 is 0 Å². The van der Waals surface area contributed by atoms with Crippen LogP contribution < -0.4 is 19.3 Å². The minimum atomic E-state index is -5.94. The predicted octanol–water partition coefficient (Wildman–Crippen LogP) is 12.2. The number of benzene rings is 8. The highest BCUT2D eigenvalue weighted by atomic mass is 19.4. The summed E-state index contributed by atoms with van der Waals surface area (Å²) >= 11 is 0. The van der Waals surface area contributed by atoms with Crippen molar-refractivity contribution in [2.24, 2.45) is 0 Å². The zero-order chi connectivity index (χ0) is 55.4. The molecule has 0 aromatic heterocycles. The molecule has 8 aromatic rings. The number of carbonyl (C=O) groups excluding carboxylic acids is 8. The summed E-state index contributed by atoms with van der Waals surface area (Å²) in [5, 5.41) is 0. The molecule has 0 saturated carbocycles. The van der Waals surface area contributed by atoms with Gasteiger partial charge in [0.05, 0.1) is 55.9 Å². The first-order valence-corrected chi connectivity index (χ1v) is 23.5. The Hall–Kier alpha value is -10.5. The van der Waals surface area contributed by atoms with Gasteiger partial charge in [-0.25, -0.2) is 29.0 Å². The smallest absolute Gasteiger partial charge is 0.411 e. The molecule has 0 fully saturated rings. The fraction of sp³-hybridized carbons (Fsp3) is 0.0508. The van der Waals surface area contributed by atoms with Crippen LogP contribution in [0.3, 0.4) is 0 Å². The molecule has 0 spiro atoms. The summed E-state index contributed by atoms with van der Waals surface area (Å²) in [5.41, 5.74) is -5.12. The van der Waals surface area contributed by atoms with Crippen LogP contribution in [0.25, 0.3) is 22.3 Å². The van der Waals surface area contributed by atoms with Gasteiger partial charge in [-0.3, -0.25) is 19.2 Å². The largest absolute Gasteiger partial charge is 0.457 e. The third-order valence-electron chi connectivity index (χ3n) is 13.8. The van der Waals surface area contributed by atoms with E-state index in [0.717, 1.165) is 34.1 Å². The highest BCUT2D eigenvalue weighted by molar-refractivity contribution is 6.36. The first kappa shape index (κ1) is 49.4. The fourth-order valence-electron chi connectivity index (χ4n) is 10.2. The lowest BCUT2D eigenvalue weighted by atomic mass is 9.73. The van der Waals surface area contributed by atoms with Crippen molar-refractivity contribution in [3.63, 3.8) is 0 Å². The molecule has 0 unspecified atom stereocenters. The average molecular weight is 1070 g/mol. The molecule has 4 aliphatic heterocycles. The molecular weight excluding hydrogens is 1040 g/mol. The summed E-state index contributed by atoms with van der Waals surface area (Å²) in [6.07, 6.45) is -11.9. The highest BCUT2D eigenvalue weighted by Gasteiger charge is 2.72. The summed E-state index contributed by atoms with van der Waals surface area (Å²) in [7, 11) is 0. The molecule has 4 amide bonds. The summed E-state index contributed by atoms with van der Waals surface area (Å²) in [6, 6.07) is 34.7. The average Bonchev–Trinajstić information content (AvgIpc) is 4.23. The summed E-state index contributed by atoms with van der Waals surface area (Å²) in [4.78, 5) is 105. The molecule has 79 heavy (non-hydrogen) atoms. The Labute approximate surface area is 439 Å². The van der Waals surface area contributed by atoms with Crippen LogP contribution in [0.5, 0.6) is 23.0 Å². The zero-order valence-electron chi connectivity index (χ0n) is 39.7. The standard InChI is InChI=1S/C59H28F6N2O12/c60-58(61,62)57(59(63,64)65,31-9-17-35(18-10-31)76-37-21-13-33(14-22-37)66-49(68)41-25-7-29(27-45(41)51(66)70)40-4-2-6-44-48(40)56(75)79-54(44)73)32-11-19-36(20-12-32)77-38-23-15-34(16-24-38)67-50(69)43-5-1-3-39(47(43)52(67)71)30-8-26-42-46(28-30)55(74)78-53(42)72/h1-28H. The van der Waals surface area contributed by atoms with Gasteiger partial charge in [-0.15, -0.1) is 0 Å². The second-order valence-electron chi connectivity index (χ2n) is 18.2. The lowest BCUT2D eigenvalue weighted by molar-refractivity contribution is -0.288. The van der Waals surface area contributed by atoms with Gasteiger partial charge < -0.3 is 18.9 Å². The molecule has 0 atom stereocenters. The number of hydrogen-bond acceptors (Lipinski definition) is 12. The molecule has 0 aliphatic carbocycles. The number of hydrogen-bond donors (Lipinski definition) is 0. The van der Waals surface area contributed by atoms with E-state index < -0.39 is 76.4 Å². The second kappa shape index (κ2) is 17.8. The number of cyclic esters (lactones) is 4. The molecule has 0 saturated heterocycles. The second-order valence-corrected chi connectivity index (χ2v) is 18.2. The van der Waals surface area contributed by atoms with Gasteiger partial charge in [-0.1, -0.05) is 60.7 Å². The van der Waals surface area contributed by atoms with E-state index in [2.05, 4.69) is 4.74 Å². The van der Waals surface area contributed by atoms with Gasteiger partial charge in [-0.2, -0.15) is 26.3 Å². The SMILES string of the molecule is O=C1OC(=O)c2cc(-c3cccc4c3C(=O)N(c3ccc(Oc5ccc(C(c6ccc(Oc7ccc(N8C(=O)c9ccc(-c%10cccc%11c%10C(=O)OC%11=O)cc9C8=O)cc7)cc6)(C(F)(F)F)C(F)(F)F)cc5)cc3)C4=O)ccc21. The summed E-state index contributed by atoms with van der Waals surface area (Å²) in [6.45, 7) is 0. The van der Waals surface area contributed by atoms with E-state index in [9.17, 15) is 38.4 Å². The number of carbonyl (C=O) groups is 8. The number of nitrogens with zero attached hydrogens (tertiary/aromatic N) is 2. The number of anilines is 2. The molecule has 4 aliphatic rings. The van der Waals surface area contributed by atoms with Crippen LogP contribution in [-0.4, -0.2) is 59.9 Å². The van der Waals surface area contributed by atoms with Gasteiger partial charge in [-0.05, 0) is 143 Å². The third-order valence-corrected chi connectivity index (χ3v) is 13.8. The van der Waals surface area contributed by atoms with E-state index in [4.69, 9.17) is 14.2 Å². The van der Waals surface area contributed by atoms with Crippen molar-refractivity contribution in [3.05, 3.63) is 225 Å². The quantitative estimate of drug-likeness (QED) is 0.0548. The van der Waals surface area contributed by atoms with Crippen LogP contribution in [0.15, 0.2) is 170 Å². The van der Waals surface area contributed by atoms with Gasteiger partial charge >= 0.3 is 36.2 Å². The van der Waals surface area contributed by atoms with Gasteiger partial charge in [0, 0.05) is 0 Å². The molecule has 0 radical (unpaired) electrons. The van der Waals surface area contributed by atoms with Crippen molar-refractivity contribution in [1.29, 1.82) is 0 Å². The Balaban J connectivity index is 0.738. The molecule has 388 valence electrons. The van der Waals surface area contributed by atoms with Crippen molar-refractivity contribution < 1.29 is 83.6 Å². The Bertz CT molecular complexity index is 4030. The van der Waals surface area contributed by atoms with Crippen molar-refractivity contribution in [2.45, 2.75) is 17.8 Å². The van der Waals surface area contributed by atoms with Crippen LogP contribution in [-0.2, 0) is 14.9 Å². The Morgan fingerprint density at radius 3 is 1.23 bits per heavy atom. The molecule has 0 bridgehead atoms. The van der Waals surface area contributed by atoms with Crippen molar-refractivity contribution >= 4 is 58.9 Å². The van der Waals surface area contributed by atoms with E-state index in [0.29, 0.717) is 46.5 Å². The van der Waals surface area contributed by atoms with Crippen LogP contribution in [0, 0.1) is 0 Å². The van der Waals surface area contributed by atoms with E-state index in [1.807, 2.05) is 0 Å². The van der Waals surface area contributed by atoms with Crippen LogP contribution in [0.1, 0.15) is 94.0 Å². The maximum absolute atomic E-state index is 15.2. The first-order chi connectivity index (χ1) is 37.7. The number of halogens is 6. The van der Waals surface area contributed by atoms with E-state index in [1.165, 1.54) is 103 Å². The lowest BCUT2D eigenvalue weighted by Crippen LogP contribution is -2.54. The van der Waals surface area contributed by atoms with Crippen molar-refractivity contribution in [3.8, 4) is 45.3 Å². The first-order valence-electron chi connectivity index (χ1n) is 23.5. The molecule has 8 aromatic carbocycles. The lowest BCUT2D eigenvalue weighted by Gasteiger charge is -2.38. The summed E-state index contributed by atoms with van der Waals surface area (Å²) < 4.78 is 112. The topological polar surface area (TPSA) is 180 Å². The Morgan fingerprint density at radius 2 is 0.709 bits per heavy atom. The number of ether oxygens (including phenoxy) is 4. The molecule has 4 heterocycles. The fourth-order valence-corrected chi connectivity index (χ4v) is 10.2. The number of imide groups is 2. The maximum Gasteiger partial charge on any atom is 0.411 e. The highest BCUT2D eigenvalue weighted by Crippen LogP contribution is 2.57. The normalized spacial score (nSPS) is 14.8. The maximum atomic E-state index is 15.2. The minimum Gasteiger partial charge on any atom is -0.457 e.